The van der Waals surface area contributed by atoms with Gasteiger partial charge in [0.1, 0.15) is 5.60 Å². The highest BCUT2D eigenvalue weighted by atomic mass is 16.6. The molecule has 0 unspecified atom stereocenters. The zero-order valence-corrected chi connectivity index (χ0v) is 15.1. The molecule has 0 aliphatic carbocycles. The molecule has 6 heteroatoms. The van der Waals surface area contributed by atoms with E-state index in [1.54, 1.807) is 76.3 Å². The van der Waals surface area contributed by atoms with Gasteiger partial charge in [0.05, 0.1) is 16.8 Å². The Bertz CT molecular complexity index is 864. The predicted octanol–water partition coefficient (Wildman–Crippen LogP) is 3.86. The molecule has 6 nitrogen and oxygen atoms in total. The lowest BCUT2D eigenvalue weighted by molar-refractivity contribution is 0.0589. The molecule has 134 valence electrons. The van der Waals surface area contributed by atoms with Gasteiger partial charge in [-0.1, -0.05) is 18.2 Å². The molecule has 2 aromatic carbocycles. The number of amides is 3. The Morgan fingerprint density at radius 2 is 1.54 bits per heavy atom. The molecule has 0 fully saturated rings. The highest BCUT2D eigenvalue weighted by Crippen LogP contribution is 2.30. The second-order valence-electron chi connectivity index (χ2n) is 7.05. The molecule has 2 aromatic rings. The van der Waals surface area contributed by atoms with Gasteiger partial charge in [0, 0.05) is 12.7 Å². The topological polar surface area (TPSA) is 66.9 Å². The lowest BCUT2D eigenvalue weighted by Gasteiger charge is -2.25. The summed E-state index contributed by atoms with van der Waals surface area (Å²) in [4.78, 5) is 39.9. The molecule has 0 N–H and O–H groups in total. The van der Waals surface area contributed by atoms with Crippen molar-refractivity contribution < 1.29 is 19.1 Å². The molecule has 0 radical (unpaired) electrons. The fourth-order valence-corrected chi connectivity index (χ4v) is 2.70. The lowest BCUT2D eigenvalue weighted by Crippen LogP contribution is -2.34. The van der Waals surface area contributed by atoms with Crippen LogP contribution in [0.5, 0.6) is 0 Å². The molecule has 1 heterocycles. The standard InChI is InChI=1S/C20H20N2O4/c1-20(2,3)26-19(25)21(4)13-8-7-9-14(12-13)22-17(23)15-10-5-6-11-16(15)18(22)24/h5-12H,1-4H3. The molecule has 0 spiro atoms. The van der Waals surface area contributed by atoms with E-state index in [9.17, 15) is 14.4 Å². The van der Waals surface area contributed by atoms with Gasteiger partial charge in [0.25, 0.3) is 11.8 Å². The number of benzene rings is 2. The van der Waals surface area contributed by atoms with Crippen LogP contribution in [0.2, 0.25) is 0 Å². The first-order valence-electron chi connectivity index (χ1n) is 8.23. The van der Waals surface area contributed by atoms with Gasteiger partial charge in [-0.15, -0.1) is 0 Å². The number of anilines is 2. The molecular formula is C20H20N2O4. The largest absolute Gasteiger partial charge is 0.443 e. The number of hydrogen-bond acceptors (Lipinski definition) is 4. The number of imide groups is 1. The van der Waals surface area contributed by atoms with Gasteiger partial charge in [-0.25, -0.2) is 9.69 Å². The van der Waals surface area contributed by atoms with Crippen LogP contribution in [0.15, 0.2) is 48.5 Å². The summed E-state index contributed by atoms with van der Waals surface area (Å²) >= 11 is 0. The van der Waals surface area contributed by atoms with E-state index < -0.39 is 11.7 Å². The molecular weight excluding hydrogens is 332 g/mol. The molecule has 1 aliphatic heterocycles. The summed E-state index contributed by atoms with van der Waals surface area (Å²) in [5, 5.41) is 0. The van der Waals surface area contributed by atoms with E-state index >= 15 is 0 Å². The van der Waals surface area contributed by atoms with Crippen LogP contribution in [0, 0.1) is 0 Å². The van der Waals surface area contributed by atoms with E-state index in [0.717, 1.165) is 4.90 Å². The van der Waals surface area contributed by atoms with Crippen molar-refractivity contribution in [1.82, 2.24) is 0 Å². The number of hydrogen-bond donors (Lipinski definition) is 0. The second kappa shape index (κ2) is 6.29. The maximum atomic E-state index is 12.6. The second-order valence-corrected chi connectivity index (χ2v) is 7.05. The third-order valence-corrected chi connectivity index (χ3v) is 3.94. The number of carbonyl (C=O) groups excluding carboxylic acids is 3. The van der Waals surface area contributed by atoms with Gasteiger partial charge in [-0.05, 0) is 51.1 Å². The van der Waals surface area contributed by atoms with Gasteiger partial charge in [0.2, 0.25) is 0 Å². The van der Waals surface area contributed by atoms with Crippen molar-refractivity contribution in [2.24, 2.45) is 0 Å². The monoisotopic (exact) mass is 352 g/mol. The number of fused-ring (bicyclic) bond motifs is 1. The molecule has 3 amide bonds. The zero-order valence-electron chi connectivity index (χ0n) is 15.1. The van der Waals surface area contributed by atoms with Crippen molar-refractivity contribution in [3.63, 3.8) is 0 Å². The quantitative estimate of drug-likeness (QED) is 0.770. The summed E-state index contributed by atoms with van der Waals surface area (Å²) in [6.45, 7) is 5.36. The Morgan fingerprint density at radius 1 is 0.962 bits per heavy atom. The van der Waals surface area contributed by atoms with Crippen molar-refractivity contribution in [2.75, 3.05) is 16.8 Å². The van der Waals surface area contributed by atoms with Crippen LogP contribution < -0.4 is 9.80 Å². The molecule has 0 atom stereocenters. The van der Waals surface area contributed by atoms with Gasteiger partial charge in [-0.3, -0.25) is 14.5 Å². The van der Waals surface area contributed by atoms with Crippen molar-refractivity contribution in [2.45, 2.75) is 26.4 Å². The van der Waals surface area contributed by atoms with E-state index in [1.165, 1.54) is 4.90 Å². The van der Waals surface area contributed by atoms with Gasteiger partial charge in [-0.2, -0.15) is 0 Å². The first-order chi connectivity index (χ1) is 12.2. The van der Waals surface area contributed by atoms with E-state index in [4.69, 9.17) is 4.74 Å². The van der Waals surface area contributed by atoms with Gasteiger partial charge >= 0.3 is 6.09 Å². The smallest absolute Gasteiger partial charge is 0.414 e. The normalized spacial score (nSPS) is 13.6. The summed E-state index contributed by atoms with van der Waals surface area (Å²) in [5.41, 5.74) is 1.06. The Labute approximate surface area is 152 Å². The van der Waals surface area contributed by atoms with Crippen molar-refractivity contribution in [3.8, 4) is 0 Å². The minimum Gasteiger partial charge on any atom is -0.443 e. The number of carbonyl (C=O) groups is 3. The molecule has 0 bridgehead atoms. The average molecular weight is 352 g/mol. The van der Waals surface area contributed by atoms with E-state index in [1.807, 2.05) is 0 Å². The summed E-state index contributed by atoms with van der Waals surface area (Å²) in [6, 6.07) is 13.4. The predicted molar refractivity (Wildman–Crippen MR) is 98.7 cm³/mol. The minimum atomic E-state index is -0.620. The van der Waals surface area contributed by atoms with E-state index in [0.29, 0.717) is 22.5 Å². The van der Waals surface area contributed by atoms with Gasteiger partial charge < -0.3 is 4.74 Å². The molecule has 1 aliphatic rings. The van der Waals surface area contributed by atoms with E-state index in [-0.39, 0.29) is 11.8 Å². The van der Waals surface area contributed by atoms with Crippen LogP contribution in [0.1, 0.15) is 41.5 Å². The van der Waals surface area contributed by atoms with Crippen molar-refractivity contribution >= 4 is 29.3 Å². The Hall–Kier alpha value is -3.15. The Morgan fingerprint density at radius 3 is 2.08 bits per heavy atom. The third kappa shape index (κ3) is 3.18. The van der Waals surface area contributed by atoms with Crippen LogP contribution in [-0.2, 0) is 4.74 Å². The Balaban J connectivity index is 1.90. The minimum absolute atomic E-state index is 0.373. The molecule has 0 aromatic heterocycles. The van der Waals surface area contributed by atoms with Crippen LogP contribution in [0.25, 0.3) is 0 Å². The molecule has 26 heavy (non-hydrogen) atoms. The van der Waals surface area contributed by atoms with Crippen molar-refractivity contribution in [1.29, 1.82) is 0 Å². The lowest BCUT2D eigenvalue weighted by atomic mass is 10.1. The fraction of sp³-hybridized carbons (Fsp3) is 0.250. The fourth-order valence-electron chi connectivity index (χ4n) is 2.70. The summed E-state index contributed by atoms with van der Waals surface area (Å²) in [5.74, 6) is -0.745. The van der Waals surface area contributed by atoms with Crippen LogP contribution >= 0.6 is 0 Å². The van der Waals surface area contributed by atoms with Crippen LogP contribution in [0.4, 0.5) is 16.2 Å². The molecule has 3 rings (SSSR count). The summed E-state index contributed by atoms with van der Waals surface area (Å²) < 4.78 is 5.35. The number of rotatable bonds is 2. The Kier molecular flexibility index (Phi) is 4.28. The maximum Gasteiger partial charge on any atom is 0.414 e. The number of nitrogens with zero attached hydrogens (tertiary/aromatic N) is 2. The van der Waals surface area contributed by atoms with E-state index in [2.05, 4.69) is 0 Å². The summed E-state index contributed by atoms with van der Waals surface area (Å²) in [6.07, 6.45) is -0.517. The zero-order chi connectivity index (χ0) is 19.1. The summed E-state index contributed by atoms with van der Waals surface area (Å²) in [7, 11) is 1.58. The van der Waals surface area contributed by atoms with Crippen LogP contribution in [0.3, 0.4) is 0 Å². The van der Waals surface area contributed by atoms with Crippen LogP contribution in [-0.4, -0.2) is 30.6 Å². The first kappa shape index (κ1) is 17.7. The third-order valence-electron chi connectivity index (χ3n) is 3.94. The number of ether oxygens (including phenoxy) is 1. The molecule has 0 saturated heterocycles. The van der Waals surface area contributed by atoms with Gasteiger partial charge in [0.15, 0.2) is 0 Å². The maximum absolute atomic E-state index is 12.6. The highest BCUT2D eigenvalue weighted by molar-refractivity contribution is 6.34. The average Bonchev–Trinajstić information content (AvgIpc) is 2.84. The molecule has 0 saturated carbocycles. The first-order valence-corrected chi connectivity index (χ1v) is 8.23. The highest BCUT2D eigenvalue weighted by Gasteiger charge is 2.36. The van der Waals surface area contributed by atoms with Crippen molar-refractivity contribution in [3.05, 3.63) is 59.7 Å². The SMILES string of the molecule is CN(C(=O)OC(C)(C)C)c1cccc(N2C(=O)c3ccccc3C2=O)c1.